The van der Waals surface area contributed by atoms with Gasteiger partial charge in [0.25, 0.3) is 0 Å². The lowest BCUT2D eigenvalue weighted by atomic mass is 9.93. The maximum atomic E-state index is 13.2. The fourth-order valence-electron chi connectivity index (χ4n) is 5.48. The van der Waals surface area contributed by atoms with Crippen LogP contribution in [0.15, 0.2) is 47.7 Å². The van der Waals surface area contributed by atoms with Crippen molar-refractivity contribution in [1.82, 2.24) is 28.9 Å². The Morgan fingerprint density at radius 3 is 2.50 bits per heavy atom. The van der Waals surface area contributed by atoms with E-state index in [1.807, 2.05) is 36.7 Å². The third kappa shape index (κ3) is 3.67. The normalized spacial score (nSPS) is 15.0. The zero-order chi connectivity index (χ0) is 27.0. The molecule has 1 saturated carbocycles. The van der Waals surface area contributed by atoms with E-state index in [4.69, 9.17) is 4.98 Å². The van der Waals surface area contributed by atoms with Crippen molar-refractivity contribution in [3.05, 3.63) is 58.9 Å². The first kappa shape index (κ1) is 24.2. The first-order valence-corrected chi connectivity index (χ1v) is 12.9. The molecule has 0 amide bonds. The average Bonchev–Trinajstić information content (AvgIpc) is 3.25. The number of hydrogen-bond donors (Lipinski definition) is 2. The molecule has 1 fully saturated rings. The summed E-state index contributed by atoms with van der Waals surface area (Å²) in [6.45, 7) is 7.86. The van der Waals surface area contributed by atoms with E-state index in [2.05, 4.69) is 28.3 Å². The van der Waals surface area contributed by atoms with Crippen LogP contribution >= 0.6 is 0 Å². The van der Waals surface area contributed by atoms with Crippen LogP contribution in [0.25, 0.3) is 44.5 Å². The fourth-order valence-corrected chi connectivity index (χ4v) is 5.48. The van der Waals surface area contributed by atoms with Crippen LogP contribution in [0.2, 0.25) is 0 Å². The average molecular weight is 510 g/mol. The number of pyridine rings is 1. The van der Waals surface area contributed by atoms with Crippen LogP contribution in [-0.4, -0.2) is 39.6 Å². The van der Waals surface area contributed by atoms with Gasteiger partial charge in [0.15, 0.2) is 0 Å². The van der Waals surface area contributed by atoms with E-state index >= 15 is 0 Å². The summed E-state index contributed by atoms with van der Waals surface area (Å²) in [6, 6.07) is 10.6. The molecule has 1 aromatic carbocycles. The summed E-state index contributed by atoms with van der Waals surface area (Å²) in [5.74, 6) is 0. The van der Waals surface area contributed by atoms with Crippen LogP contribution in [0, 0.1) is 11.3 Å². The maximum Gasteiger partial charge on any atom is 0.329 e. The van der Waals surface area contributed by atoms with Gasteiger partial charge in [0.05, 0.1) is 58.1 Å². The lowest BCUT2D eigenvalue weighted by Crippen LogP contribution is -2.26. The summed E-state index contributed by atoms with van der Waals surface area (Å²) in [5, 5.41) is 25.4. The van der Waals surface area contributed by atoms with Crippen molar-refractivity contribution in [2.45, 2.75) is 64.1 Å². The molecule has 2 N–H and O–H groups in total. The number of rotatable bonds is 6. The number of fused-ring (bicyclic) bond motifs is 3. The van der Waals surface area contributed by atoms with Crippen LogP contribution in [0.1, 0.15) is 52.1 Å². The molecule has 38 heavy (non-hydrogen) atoms. The molecule has 0 saturated heterocycles. The summed E-state index contributed by atoms with van der Waals surface area (Å²) in [7, 11) is 1.77. The molecule has 9 heteroatoms. The van der Waals surface area contributed by atoms with Crippen molar-refractivity contribution in [2.75, 3.05) is 0 Å². The molecule has 0 aliphatic heterocycles. The molecule has 0 spiro atoms. The monoisotopic (exact) mass is 509 g/mol. The van der Waals surface area contributed by atoms with Gasteiger partial charge in [0.2, 0.25) is 0 Å². The van der Waals surface area contributed by atoms with Crippen molar-refractivity contribution >= 4 is 22.1 Å². The van der Waals surface area contributed by atoms with Crippen LogP contribution in [0.5, 0.6) is 0 Å². The maximum absolute atomic E-state index is 13.2. The summed E-state index contributed by atoms with van der Waals surface area (Å²) < 4.78 is 5.20. The van der Waals surface area contributed by atoms with Crippen molar-refractivity contribution in [2.24, 2.45) is 7.05 Å². The molecule has 0 unspecified atom stereocenters. The lowest BCUT2D eigenvalue weighted by molar-refractivity contribution is 0.0577. The van der Waals surface area contributed by atoms with E-state index < -0.39 is 5.60 Å². The first-order chi connectivity index (χ1) is 18.0. The summed E-state index contributed by atoms with van der Waals surface area (Å²) >= 11 is 0. The van der Waals surface area contributed by atoms with Gasteiger partial charge in [-0.3, -0.25) is 13.8 Å². The Morgan fingerprint density at radius 2 is 1.89 bits per heavy atom. The van der Waals surface area contributed by atoms with E-state index in [0.717, 1.165) is 57.2 Å². The Hall–Kier alpha value is -4.16. The molecule has 194 valence electrons. The molecule has 1 aliphatic rings. The Labute approximate surface area is 220 Å². The van der Waals surface area contributed by atoms with Crippen molar-refractivity contribution in [3.8, 4) is 28.5 Å². The third-order valence-electron chi connectivity index (χ3n) is 7.55. The second kappa shape index (κ2) is 8.17. The zero-order valence-electron chi connectivity index (χ0n) is 22.3. The lowest BCUT2D eigenvalue weighted by Gasteiger charge is -2.16. The van der Waals surface area contributed by atoms with E-state index in [9.17, 15) is 15.2 Å². The number of aromatic nitrogens is 6. The van der Waals surface area contributed by atoms with Crippen molar-refractivity contribution in [1.29, 1.82) is 5.26 Å². The topological polar surface area (TPSA) is 117 Å². The first-order valence-electron chi connectivity index (χ1n) is 12.9. The molecule has 4 aromatic heterocycles. The summed E-state index contributed by atoms with van der Waals surface area (Å²) in [6.07, 6.45) is 7.20. The van der Waals surface area contributed by atoms with Gasteiger partial charge in [-0.2, -0.15) is 10.4 Å². The second-order valence-electron chi connectivity index (χ2n) is 11.4. The van der Waals surface area contributed by atoms with Gasteiger partial charge in [-0.15, -0.1) is 0 Å². The van der Waals surface area contributed by atoms with Gasteiger partial charge in [-0.25, -0.2) is 9.78 Å². The minimum atomic E-state index is -0.910. The number of nitrogens with zero attached hydrogens (tertiary/aromatic N) is 6. The highest BCUT2D eigenvalue weighted by molar-refractivity contribution is 6.14. The fraction of sp³-hybridized carbons (Fsp3) is 0.379. The highest BCUT2D eigenvalue weighted by atomic mass is 16.3. The van der Waals surface area contributed by atoms with Crippen LogP contribution in [0.4, 0.5) is 0 Å². The van der Waals surface area contributed by atoms with Gasteiger partial charge in [0, 0.05) is 30.4 Å². The quantitative estimate of drug-likeness (QED) is 0.345. The number of H-pyrrole nitrogens is 1. The van der Waals surface area contributed by atoms with E-state index in [1.165, 1.54) is 0 Å². The van der Waals surface area contributed by atoms with Gasteiger partial charge in [-0.05, 0) is 51.7 Å². The molecular formula is C29H31N7O2. The molecule has 0 atom stereocenters. The summed E-state index contributed by atoms with van der Waals surface area (Å²) in [4.78, 5) is 21.5. The number of nitrogens with one attached hydrogen (secondary N) is 1. The van der Waals surface area contributed by atoms with Crippen LogP contribution in [0.3, 0.4) is 0 Å². The second-order valence-corrected chi connectivity index (χ2v) is 11.4. The van der Waals surface area contributed by atoms with Gasteiger partial charge in [0.1, 0.15) is 5.65 Å². The van der Waals surface area contributed by atoms with Crippen molar-refractivity contribution < 1.29 is 5.11 Å². The Bertz CT molecular complexity index is 1800. The molecule has 5 aromatic rings. The molecule has 0 radical (unpaired) electrons. The summed E-state index contributed by atoms with van der Waals surface area (Å²) in [5.41, 5.74) is 5.51. The minimum Gasteiger partial charge on any atom is -0.389 e. The molecule has 4 heterocycles. The number of aryl methyl sites for hydroxylation is 1. The predicted molar refractivity (Wildman–Crippen MR) is 147 cm³/mol. The van der Waals surface area contributed by atoms with Gasteiger partial charge in [-0.1, -0.05) is 24.3 Å². The Morgan fingerprint density at radius 1 is 1.18 bits per heavy atom. The molecule has 1 aliphatic carbocycles. The van der Waals surface area contributed by atoms with E-state index in [0.29, 0.717) is 12.2 Å². The largest absolute Gasteiger partial charge is 0.389 e. The number of aliphatic hydroxyl groups is 1. The highest BCUT2D eigenvalue weighted by Crippen LogP contribution is 2.48. The third-order valence-corrected chi connectivity index (χ3v) is 7.55. The number of imidazole rings is 1. The minimum absolute atomic E-state index is 0.0507. The molecular weight excluding hydrogens is 478 g/mol. The molecule has 0 bridgehead atoms. The Balaban J connectivity index is 1.65. The number of aromatic amines is 1. The predicted octanol–water partition coefficient (Wildman–Crippen LogP) is 4.65. The smallest absolute Gasteiger partial charge is 0.329 e. The van der Waals surface area contributed by atoms with Gasteiger partial charge < -0.3 is 10.1 Å². The zero-order valence-corrected chi connectivity index (χ0v) is 22.3. The molecule has 9 nitrogen and oxygen atoms in total. The van der Waals surface area contributed by atoms with Crippen molar-refractivity contribution in [3.63, 3.8) is 0 Å². The highest BCUT2D eigenvalue weighted by Gasteiger charge is 2.44. The number of hydrogen-bond acceptors (Lipinski definition) is 5. The molecule has 6 rings (SSSR count). The van der Waals surface area contributed by atoms with E-state index in [1.54, 1.807) is 42.5 Å². The van der Waals surface area contributed by atoms with E-state index in [-0.39, 0.29) is 17.1 Å². The number of benzene rings is 1. The van der Waals surface area contributed by atoms with Gasteiger partial charge >= 0.3 is 5.69 Å². The van der Waals surface area contributed by atoms with Crippen LogP contribution in [-0.2, 0) is 19.0 Å². The Kier molecular flexibility index (Phi) is 5.20. The standard InChI is InChI=1S/C29H31N7O2/c1-17(2)36-25-21(34(5)27(36)37)13-31-26-23(25)22(18-6-8-20(9-7-18)29(15-30)10-11-29)24(33-26)19-12-32-35(14-19)16-28(3,4)38/h6-9,12-14,17,38H,10-11,16H2,1-5H3,(H,31,33). The SMILES string of the molecule is CC(C)n1c(=O)n(C)c2cnc3[nH]c(-c4cnn(CC(C)(C)O)c4)c(-c4ccc(C5(C#N)CC5)cc4)c3c21. The number of nitriles is 1. The van der Waals surface area contributed by atoms with Crippen LogP contribution < -0.4 is 5.69 Å².